The Hall–Kier alpha value is -3.55. The highest BCUT2D eigenvalue weighted by atomic mass is 35.5. The molecule has 0 aliphatic carbocycles. The second-order valence-corrected chi connectivity index (χ2v) is 8.33. The fraction of sp³-hybridized carbons (Fsp3) is 0.300. The smallest absolute Gasteiger partial charge is 0.340 e. The summed E-state index contributed by atoms with van der Waals surface area (Å²) < 4.78 is 0. The van der Waals surface area contributed by atoms with Gasteiger partial charge in [-0.15, -0.1) is 22.9 Å². The number of halogens is 1. The number of carbonyl (C=O) groups excluding carboxylic acids is 3. The van der Waals surface area contributed by atoms with Crippen molar-refractivity contribution in [2.45, 2.75) is 18.6 Å². The van der Waals surface area contributed by atoms with Crippen molar-refractivity contribution in [3.05, 3.63) is 47.0 Å². The van der Waals surface area contributed by atoms with Gasteiger partial charge < -0.3 is 20.6 Å². The molecule has 1 unspecified atom stereocenters. The Bertz CT molecular complexity index is 1130. The number of rotatable bonds is 10. The summed E-state index contributed by atoms with van der Waals surface area (Å²) in [4.78, 5) is 62.9. The Morgan fingerprint density at radius 1 is 1.35 bits per heavy atom. The summed E-state index contributed by atoms with van der Waals surface area (Å²) in [5, 5.41) is 20.7. The van der Waals surface area contributed by atoms with Crippen molar-refractivity contribution < 1.29 is 34.0 Å². The van der Waals surface area contributed by atoms with Gasteiger partial charge in [0.05, 0.1) is 6.54 Å². The average molecular weight is 510 g/mol. The molecule has 12 nitrogen and oxygen atoms in total. The summed E-state index contributed by atoms with van der Waals surface area (Å²) in [6.45, 7) is 1.35. The fourth-order valence-electron chi connectivity index (χ4n) is 2.99. The van der Waals surface area contributed by atoms with E-state index in [4.69, 9.17) is 21.3 Å². The molecule has 180 valence electrons. The predicted octanol–water partition coefficient (Wildman–Crippen LogP) is 1.15. The molecule has 3 rings (SSSR count). The lowest BCUT2D eigenvalue weighted by Crippen LogP contribution is -2.73. The van der Waals surface area contributed by atoms with Crippen molar-refractivity contribution in [1.82, 2.24) is 15.4 Å². The molecule has 2 atom stereocenters. The fourth-order valence-corrected chi connectivity index (χ4v) is 3.77. The van der Waals surface area contributed by atoms with E-state index >= 15 is 0 Å². The normalized spacial score (nSPS) is 18.6. The van der Waals surface area contributed by atoms with Gasteiger partial charge in [-0.25, -0.2) is 14.8 Å². The van der Waals surface area contributed by atoms with E-state index in [-0.39, 0.29) is 29.0 Å². The third-order valence-corrected chi connectivity index (χ3v) is 5.62. The summed E-state index contributed by atoms with van der Waals surface area (Å²) in [6.07, 6.45) is -1.40. The lowest BCUT2D eigenvalue weighted by atomic mass is 9.92. The third-order valence-electron chi connectivity index (χ3n) is 4.62. The number of carbonyl (C=O) groups is 4. The quantitative estimate of drug-likeness (QED) is 0.186. The maximum atomic E-state index is 12.9. The second-order valence-electron chi connectivity index (χ2n) is 7.20. The molecular formula is C20H20ClN5O7S. The lowest BCUT2D eigenvalue weighted by Gasteiger charge is -2.46. The van der Waals surface area contributed by atoms with Gasteiger partial charge in [0.15, 0.2) is 10.8 Å². The van der Waals surface area contributed by atoms with Gasteiger partial charge in [-0.05, 0) is 12.5 Å². The molecule has 34 heavy (non-hydrogen) atoms. The number of nitrogens with one attached hydrogen (secondary N) is 2. The summed E-state index contributed by atoms with van der Waals surface area (Å²) in [6, 6.07) is 8.15. The van der Waals surface area contributed by atoms with E-state index in [0.717, 1.165) is 16.4 Å². The van der Waals surface area contributed by atoms with Crippen LogP contribution in [0.25, 0.3) is 0 Å². The number of thiazole rings is 1. The number of oxime groups is 1. The van der Waals surface area contributed by atoms with Crippen LogP contribution in [0, 0.1) is 0 Å². The SMILES string of the molecule is CON=C(C(=O)N[C@@]1(C)CN(OC(C(=O)O)c2ccccc2)C1=O)c1csc(NC(=O)CCl)n1. The number of nitrogens with zero attached hydrogens (tertiary/aromatic N) is 3. The largest absolute Gasteiger partial charge is 0.479 e. The third kappa shape index (κ3) is 5.50. The number of hydrogen-bond donors (Lipinski definition) is 3. The van der Waals surface area contributed by atoms with Crippen LogP contribution in [-0.4, -0.2) is 69.6 Å². The predicted molar refractivity (Wildman–Crippen MR) is 121 cm³/mol. The molecule has 0 saturated carbocycles. The van der Waals surface area contributed by atoms with Crippen LogP contribution in [0.3, 0.4) is 0 Å². The molecule has 0 bridgehead atoms. The van der Waals surface area contributed by atoms with Gasteiger partial charge in [-0.3, -0.25) is 19.2 Å². The highest BCUT2D eigenvalue weighted by Gasteiger charge is 2.52. The van der Waals surface area contributed by atoms with Crippen LogP contribution in [-0.2, 0) is 28.9 Å². The van der Waals surface area contributed by atoms with Gasteiger partial charge in [0, 0.05) is 5.38 Å². The van der Waals surface area contributed by atoms with E-state index in [1.807, 2.05) is 0 Å². The molecule has 0 radical (unpaired) electrons. The Kier molecular flexibility index (Phi) is 7.81. The molecule has 0 spiro atoms. The maximum Gasteiger partial charge on any atom is 0.340 e. The zero-order chi connectivity index (χ0) is 24.9. The molecule has 2 aromatic rings. The van der Waals surface area contributed by atoms with Crippen LogP contribution in [0.1, 0.15) is 24.3 Å². The first-order valence-corrected chi connectivity index (χ1v) is 11.1. The highest BCUT2D eigenvalue weighted by molar-refractivity contribution is 7.14. The Balaban J connectivity index is 1.68. The van der Waals surface area contributed by atoms with Gasteiger partial charge in [0.1, 0.15) is 24.2 Å². The Morgan fingerprint density at radius 3 is 2.65 bits per heavy atom. The Morgan fingerprint density at radius 2 is 2.06 bits per heavy atom. The number of anilines is 1. The Labute approximate surface area is 202 Å². The van der Waals surface area contributed by atoms with E-state index in [0.29, 0.717) is 5.56 Å². The van der Waals surface area contributed by atoms with Crippen molar-refractivity contribution in [2.75, 3.05) is 24.9 Å². The van der Waals surface area contributed by atoms with Crippen LogP contribution in [0.5, 0.6) is 0 Å². The summed E-state index contributed by atoms with van der Waals surface area (Å²) in [5.74, 6) is -3.42. The number of β-lactam (4-membered cyclic amide) rings is 1. The standard InChI is InChI=1S/C20H20ClN5O7S/c1-20(10-26(18(20)31)33-15(17(29)30)11-6-4-3-5-7-11)24-16(28)14(25-32-2)12-9-34-19(22-12)23-13(27)8-21/h3-7,9,15H,8,10H2,1-2H3,(H,24,28)(H,29,30)(H,22,23,27)/t15?,20-/m0/s1. The van der Waals surface area contributed by atoms with Crippen LogP contribution in [0.15, 0.2) is 40.9 Å². The molecular weight excluding hydrogens is 490 g/mol. The molecule has 1 aliphatic heterocycles. The first kappa shape index (κ1) is 25.1. The summed E-state index contributed by atoms with van der Waals surface area (Å²) in [7, 11) is 1.23. The maximum absolute atomic E-state index is 12.9. The van der Waals surface area contributed by atoms with Crippen molar-refractivity contribution in [3.63, 3.8) is 0 Å². The van der Waals surface area contributed by atoms with Crippen LogP contribution >= 0.6 is 22.9 Å². The lowest BCUT2D eigenvalue weighted by molar-refractivity contribution is -0.247. The number of carboxylic acid groups (broad SMARTS) is 1. The number of hydrogen-bond acceptors (Lipinski definition) is 9. The second kappa shape index (κ2) is 10.6. The zero-order valence-corrected chi connectivity index (χ0v) is 19.6. The molecule has 1 aromatic carbocycles. The average Bonchev–Trinajstić information content (AvgIpc) is 3.27. The van der Waals surface area contributed by atoms with Gasteiger partial charge in [0.25, 0.3) is 11.8 Å². The minimum absolute atomic E-state index is 0.104. The first-order valence-electron chi connectivity index (χ1n) is 9.70. The summed E-state index contributed by atoms with van der Waals surface area (Å²) in [5.41, 5.74) is -1.15. The zero-order valence-electron chi connectivity index (χ0n) is 18.0. The van der Waals surface area contributed by atoms with E-state index in [9.17, 15) is 24.3 Å². The molecule has 1 aromatic heterocycles. The number of amides is 3. The summed E-state index contributed by atoms with van der Waals surface area (Å²) >= 11 is 6.50. The van der Waals surface area contributed by atoms with Crippen LogP contribution in [0.2, 0.25) is 0 Å². The van der Waals surface area contributed by atoms with Crippen molar-refractivity contribution in [2.24, 2.45) is 5.16 Å². The van der Waals surface area contributed by atoms with Gasteiger partial charge in [-0.2, -0.15) is 0 Å². The molecule has 1 aliphatic rings. The van der Waals surface area contributed by atoms with Gasteiger partial charge >= 0.3 is 5.97 Å². The number of alkyl halides is 1. The number of aromatic nitrogens is 1. The molecule has 1 fully saturated rings. The van der Waals surface area contributed by atoms with E-state index in [1.165, 1.54) is 19.4 Å². The van der Waals surface area contributed by atoms with E-state index < -0.39 is 35.3 Å². The van der Waals surface area contributed by atoms with E-state index in [1.54, 1.807) is 30.3 Å². The number of aliphatic carboxylic acids is 1. The number of carboxylic acids is 1. The van der Waals surface area contributed by atoms with E-state index in [2.05, 4.69) is 20.8 Å². The first-order chi connectivity index (χ1) is 16.2. The van der Waals surface area contributed by atoms with Crippen LogP contribution in [0.4, 0.5) is 5.13 Å². The molecule has 2 heterocycles. The van der Waals surface area contributed by atoms with Crippen molar-refractivity contribution >= 4 is 57.5 Å². The number of hydroxylamine groups is 2. The minimum Gasteiger partial charge on any atom is -0.479 e. The monoisotopic (exact) mass is 509 g/mol. The topological polar surface area (TPSA) is 160 Å². The van der Waals surface area contributed by atoms with Crippen molar-refractivity contribution in [1.29, 1.82) is 0 Å². The molecule has 14 heteroatoms. The van der Waals surface area contributed by atoms with Gasteiger partial charge in [-0.1, -0.05) is 35.5 Å². The minimum atomic E-state index is -1.40. The number of benzene rings is 1. The van der Waals surface area contributed by atoms with Crippen molar-refractivity contribution in [3.8, 4) is 0 Å². The van der Waals surface area contributed by atoms with Crippen LogP contribution < -0.4 is 10.6 Å². The van der Waals surface area contributed by atoms with Gasteiger partial charge in [0.2, 0.25) is 12.0 Å². The molecule has 3 amide bonds. The molecule has 3 N–H and O–H groups in total. The molecule has 1 saturated heterocycles. The highest BCUT2D eigenvalue weighted by Crippen LogP contribution is 2.28.